The van der Waals surface area contributed by atoms with Crippen molar-refractivity contribution < 1.29 is 4.74 Å². The lowest BCUT2D eigenvalue weighted by atomic mass is 9.94. The fraction of sp³-hybridized carbons (Fsp3) is 0.474. The molecule has 0 bridgehead atoms. The van der Waals surface area contributed by atoms with Crippen LogP contribution in [-0.4, -0.2) is 31.5 Å². The van der Waals surface area contributed by atoms with Crippen LogP contribution in [0.15, 0.2) is 24.5 Å². The average Bonchev–Trinajstić information content (AvgIpc) is 3.13. The lowest BCUT2D eigenvalue weighted by Crippen LogP contribution is -2.31. The summed E-state index contributed by atoms with van der Waals surface area (Å²) in [5.41, 5.74) is 9.95. The van der Waals surface area contributed by atoms with E-state index in [1.807, 2.05) is 48.7 Å². The number of rotatable bonds is 4. The zero-order chi connectivity index (χ0) is 18.3. The Morgan fingerprint density at radius 2 is 1.92 bits per heavy atom. The summed E-state index contributed by atoms with van der Waals surface area (Å²) in [4.78, 5) is 4.54. The summed E-state index contributed by atoms with van der Waals surface area (Å²) >= 11 is 0. The lowest BCUT2D eigenvalue weighted by molar-refractivity contribution is 0.147. The number of hydrogen-bond acceptors (Lipinski definition) is 5. The molecule has 0 atom stereocenters. The zero-order valence-corrected chi connectivity index (χ0v) is 15.6. The number of hydrogen-bond donors (Lipinski definition) is 2. The van der Waals surface area contributed by atoms with E-state index >= 15 is 0 Å². The monoisotopic (exact) mass is 354 g/mol. The molecule has 4 rings (SSSR count). The highest BCUT2D eigenvalue weighted by atomic mass is 16.5. The van der Waals surface area contributed by atoms with Crippen LogP contribution in [0.25, 0.3) is 11.0 Å². The van der Waals surface area contributed by atoms with Crippen LogP contribution in [0, 0.1) is 6.92 Å². The first-order chi connectivity index (χ1) is 12.5. The van der Waals surface area contributed by atoms with Gasteiger partial charge >= 0.3 is 0 Å². The van der Waals surface area contributed by atoms with E-state index in [4.69, 9.17) is 10.5 Å². The van der Waals surface area contributed by atoms with Crippen LogP contribution in [0.3, 0.4) is 0 Å². The molecule has 1 fully saturated rings. The molecule has 0 amide bonds. The number of imidazole rings is 1. The SMILES string of the molecule is Cc1cc(Nc2cc(OC3CCC(N)CC3)cc3c2ncn3C)nn1C. The van der Waals surface area contributed by atoms with Gasteiger partial charge in [-0.1, -0.05) is 0 Å². The average molecular weight is 354 g/mol. The van der Waals surface area contributed by atoms with E-state index in [-0.39, 0.29) is 6.10 Å². The third kappa shape index (κ3) is 3.26. The fourth-order valence-electron chi connectivity index (χ4n) is 3.53. The van der Waals surface area contributed by atoms with Crippen LogP contribution in [-0.2, 0) is 14.1 Å². The van der Waals surface area contributed by atoms with Crippen molar-refractivity contribution in [2.45, 2.75) is 44.8 Å². The van der Waals surface area contributed by atoms with E-state index in [2.05, 4.69) is 21.5 Å². The molecule has 138 valence electrons. The molecule has 2 aromatic heterocycles. The Morgan fingerprint density at radius 1 is 1.15 bits per heavy atom. The van der Waals surface area contributed by atoms with E-state index < -0.39 is 0 Å². The molecule has 7 nitrogen and oxygen atoms in total. The number of aryl methyl sites for hydroxylation is 3. The zero-order valence-electron chi connectivity index (χ0n) is 15.6. The van der Waals surface area contributed by atoms with Gasteiger partial charge in [0.05, 0.1) is 23.6 Å². The second-order valence-corrected chi connectivity index (χ2v) is 7.27. The Morgan fingerprint density at radius 3 is 2.62 bits per heavy atom. The quantitative estimate of drug-likeness (QED) is 0.752. The van der Waals surface area contributed by atoms with Gasteiger partial charge in [-0.3, -0.25) is 4.68 Å². The van der Waals surface area contributed by atoms with Crippen molar-refractivity contribution in [1.29, 1.82) is 0 Å². The van der Waals surface area contributed by atoms with Crippen LogP contribution in [0.1, 0.15) is 31.4 Å². The molecule has 26 heavy (non-hydrogen) atoms. The van der Waals surface area contributed by atoms with Gasteiger partial charge in [0.1, 0.15) is 11.3 Å². The summed E-state index contributed by atoms with van der Waals surface area (Å²) in [5.74, 6) is 1.66. The maximum absolute atomic E-state index is 6.28. The summed E-state index contributed by atoms with van der Waals surface area (Å²) in [6, 6.07) is 6.42. The molecular formula is C19H26N6O. The highest BCUT2D eigenvalue weighted by Gasteiger charge is 2.21. The Kier molecular flexibility index (Phi) is 4.32. The van der Waals surface area contributed by atoms with E-state index in [9.17, 15) is 0 Å². The van der Waals surface area contributed by atoms with Crippen molar-refractivity contribution in [2.24, 2.45) is 19.8 Å². The highest BCUT2D eigenvalue weighted by Crippen LogP contribution is 2.32. The van der Waals surface area contributed by atoms with E-state index in [1.165, 1.54) is 0 Å². The maximum atomic E-state index is 6.28. The molecule has 3 aromatic rings. The summed E-state index contributed by atoms with van der Waals surface area (Å²) < 4.78 is 10.1. The summed E-state index contributed by atoms with van der Waals surface area (Å²) in [7, 11) is 3.93. The fourth-order valence-corrected chi connectivity index (χ4v) is 3.53. The van der Waals surface area contributed by atoms with Gasteiger partial charge in [0, 0.05) is 44.0 Å². The van der Waals surface area contributed by atoms with Crippen molar-refractivity contribution >= 4 is 22.5 Å². The Bertz CT molecular complexity index is 900. The van der Waals surface area contributed by atoms with Crippen LogP contribution in [0.5, 0.6) is 5.75 Å². The molecule has 0 radical (unpaired) electrons. The highest BCUT2D eigenvalue weighted by molar-refractivity contribution is 5.91. The number of nitrogens with zero attached hydrogens (tertiary/aromatic N) is 4. The van der Waals surface area contributed by atoms with Gasteiger partial charge in [-0.15, -0.1) is 0 Å². The smallest absolute Gasteiger partial charge is 0.152 e. The molecule has 0 saturated heterocycles. The number of aromatic nitrogens is 4. The predicted octanol–water partition coefficient (Wildman–Crippen LogP) is 3.01. The first-order valence-electron chi connectivity index (χ1n) is 9.14. The van der Waals surface area contributed by atoms with Gasteiger partial charge in [0.2, 0.25) is 0 Å². The molecule has 1 aromatic carbocycles. The molecule has 0 unspecified atom stereocenters. The molecular weight excluding hydrogens is 328 g/mol. The van der Waals surface area contributed by atoms with E-state index in [0.717, 1.165) is 59.7 Å². The van der Waals surface area contributed by atoms with E-state index in [0.29, 0.717) is 6.04 Å². The third-order valence-corrected chi connectivity index (χ3v) is 5.20. The van der Waals surface area contributed by atoms with Crippen molar-refractivity contribution in [3.63, 3.8) is 0 Å². The number of nitrogens with two attached hydrogens (primary N) is 1. The van der Waals surface area contributed by atoms with Crippen LogP contribution in [0.2, 0.25) is 0 Å². The summed E-state index contributed by atoms with van der Waals surface area (Å²) in [5, 5.41) is 7.89. The predicted molar refractivity (Wildman–Crippen MR) is 103 cm³/mol. The largest absolute Gasteiger partial charge is 0.490 e. The second kappa shape index (κ2) is 6.64. The number of ether oxygens (including phenoxy) is 1. The Balaban J connectivity index is 1.65. The minimum Gasteiger partial charge on any atom is -0.490 e. The third-order valence-electron chi connectivity index (χ3n) is 5.20. The van der Waals surface area contributed by atoms with Crippen LogP contribution >= 0.6 is 0 Å². The van der Waals surface area contributed by atoms with Crippen molar-refractivity contribution in [3.8, 4) is 5.75 Å². The minimum atomic E-state index is 0.227. The Labute approximate surface area is 153 Å². The molecule has 3 N–H and O–H groups in total. The van der Waals surface area contributed by atoms with Crippen molar-refractivity contribution in [1.82, 2.24) is 19.3 Å². The number of fused-ring (bicyclic) bond motifs is 1. The molecule has 1 aliphatic rings. The molecule has 7 heteroatoms. The Hall–Kier alpha value is -2.54. The summed E-state index contributed by atoms with van der Waals surface area (Å²) in [6.45, 7) is 2.03. The number of anilines is 2. The van der Waals surface area contributed by atoms with Gasteiger partial charge in [0.25, 0.3) is 0 Å². The summed E-state index contributed by atoms with van der Waals surface area (Å²) in [6.07, 6.45) is 6.11. The van der Waals surface area contributed by atoms with Gasteiger partial charge in [-0.05, 0) is 32.6 Å². The minimum absolute atomic E-state index is 0.227. The van der Waals surface area contributed by atoms with Gasteiger partial charge in [0.15, 0.2) is 5.82 Å². The number of nitrogens with one attached hydrogen (secondary N) is 1. The van der Waals surface area contributed by atoms with E-state index in [1.54, 1.807) is 0 Å². The molecule has 0 spiro atoms. The van der Waals surface area contributed by atoms with Crippen molar-refractivity contribution in [2.75, 3.05) is 5.32 Å². The molecule has 0 aliphatic heterocycles. The molecule has 1 saturated carbocycles. The molecule has 2 heterocycles. The first kappa shape index (κ1) is 16.9. The van der Waals surface area contributed by atoms with Crippen LogP contribution in [0.4, 0.5) is 11.5 Å². The first-order valence-corrected chi connectivity index (χ1v) is 9.14. The van der Waals surface area contributed by atoms with Gasteiger partial charge in [-0.2, -0.15) is 5.10 Å². The van der Waals surface area contributed by atoms with Crippen molar-refractivity contribution in [3.05, 3.63) is 30.2 Å². The van der Waals surface area contributed by atoms with Gasteiger partial charge < -0.3 is 20.4 Å². The second-order valence-electron chi connectivity index (χ2n) is 7.27. The lowest BCUT2D eigenvalue weighted by Gasteiger charge is -2.27. The topological polar surface area (TPSA) is 82.9 Å². The van der Waals surface area contributed by atoms with Crippen LogP contribution < -0.4 is 15.8 Å². The standard InChI is InChI=1S/C19H26N6O/c1-12-8-18(23-25(12)3)22-16-9-15(10-17-19(16)21-11-24(17)2)26-14-6-4-13(20)5-7-14/h8-11,13-14H,4-7,20H2,1-3H3,(H,22,23). The maximum Gasteiger partial charge on any atom is 0.152 e. The van der Waals surface area contributed by atoms with Gasteiger partial charge in [-0.25, -0.2) is 4.98 Å². The molecule has 1 aliphatic carbocycles. The number of benzene rings is 1. The normalized spacial score (nSPS) is 20.5.